The van der Waals surface area contributed by atoms with Gasteiger partial charge in [-0.1, -0.05) is 11.6 Å². The zero-order chi connectivity index (χ0) is 18.7. The second-order valence-electron chi connectivity index (χ2n) is 5.42. The first-order chi connectivity index (χ1) is 12.5. The SMILES string of the molecule is Cc1n[nH]c(=S)n1CCNC(=O)c1cnc(Sc2nccn2C)c(Cl)c1. The molecule has 0 aliphatic rings. The quantitative estimate of drug-likeness (QED) is 0.608. The lowest BCUT2D eigenvalue weighted by Crippen LogP contribution is -2.27. The van der Waals surface area contributed by atoms with Crippen LogP contribution in [0.4, 0.5) is 0 Å². The summed E-state index contributed by atoms with van der Waals surface area (Å²) in [6, 6.07) is 1.60. The molecule has 0 radical (unpaired) electrons. The number of hydrogen-bond acceptors (Lipinski definition) is 6. The van der Waals surface area contributed by atoms with Crippen molar-refractivity contribution < 1.29 is 4.79 Å². The van der Waals surface area contributed by atoms with E-state index in [1.54, 1.807) is 12.3 Å². The molecule has 0 bridgehead atoms. The van der Waals surface area contributed by atoms with Gasteiger partial charge in [0.1, 0.15) is 10.9 Å². The molecule has 0 unspecified atom stereocenters. The van der Waals surface area contributed by atoms with Gasteiger partial charge < -0.3 is 14.5 Å². The Balaban J connectivity index is 1.62. The molecule has 0 aromatic carbocycles. The molecular weight excluding hydrogens is 394 g/mol. The van der Waals surface area contributed by atoms with Gasteiger partial charge in [-0.2, -0.15) is 5.10 Å². The lowest BCUT2D eigenvalue weighted by Gasteiger charge is -2.08. The molecular formula is C15H16ClN7OS2. The Labute approximate surface area is 164 Å². The number of imidazole rings is 1. The number of amides is 1. The minimum atomic E-state index is -0.249. The van der Waals surface area contributed by atoms with Crippen molar-refractivity contribution in [3.8, 4) is 0 Å². The smallest absolute Gasteiger partial charge is 0.252 e. The van der Waals surface area contributed by atoms with Crippen molar-refractivity contribution in [1.29, 1.82) is 0 Å². The lowest BCUT2D eigenvalue weighted by atomic mass is 10.2. The molecule has 136 valence electrons. The van der Waals surface area contributed by atoms with E-state index in [1.165, 1.54) is 18.0 Å². The number of H-pyrrole nitrogens is 1. The van der Waals surface area contributed by atoms with E-state index >= 15 is 0 Å². The Bertz CT molecular complexity index is 994. The van der Waals surface area contributed by atoms with Crippen LogP contribution in [0.2, 0.25) is 5.02 Å². The summed E-state index contributed by atoms with van der Waals surface area (Å²) in [5.74, 6) is 0.519. The van der Waals surface area contributed by atoms with E-state index in [2.05, 4.69) is 25.5 Å². The highest BCUT2D eigenvalue weighted by Gasteiger charge is 2.13. The number of halogens is 1. The number of aromatic amines is 1. The Hall–Kier alpha value is -2.17. The summed E-state index contributed by atoms with van der Waals surface area (Å²) in [5, 5.41) is 11.3. The van der Waals surface area contributed by atoms with E-state index in [0.717, 1.165) is 11.0 Å². The number of nitrogens with one attached hydrogen (secondary N) is 2. The molecule has 0 spiro atoms. The van der Waals surface area contributed by atoms with Crippen LogP contribution < -0.4 is 5.32 Å². The number of carbonyl (C=O) groups is 1. The van der Waals surface area contributed by atoms with Crippen molar-refractivity contribution in [3.05, 3.63) is 45.8 Å². The third-order valence-corrected chi connectivity index (χ3v) is 5.41. The zero-order valence-electron chi connectivity index (χ0n) is 14.1. The predicted octanol–water partition coefficient (Wildman–Crippen LogP) is 2.61. The molecule has 1 amide bonds. The van der Waals surface area contributed by atoms with Gasteiger partial charge in [0, 0.05) is 38.7 Å². The van der Waals surface area contributed by atoms with Crippen molar-refractivity contribution in [3.63, 3.8) is 0 Å². The Morgan fingerprint density at radius 2 is 2.27 bits per heavy atom. The average Bonchev–Trinajstić information content (AvgIpc) is 3.16. The number of nitrogens with zero attached hydrogens (tertiary/aromatic N) is 5. The van der Waals surface area contributed by atoms with Gasteiger partial charge in [0.25, 0.3) is 5.91 Å². The lowest BCUT2D eigenvalue weighted by molar-refractivity contribution is 0.0951. The standard InChI is InChI=1S/C15H16ClN7OS2/c1-9-20-21-14(25)23(9)6-4-17-12(24)10-7-11(16)13(19-8-10)26-15-18-3-5-22(15)2/h3,5,7-8H,4,6H2,1-2H3,(H,17,24)(H,21,25). The molecule has 0 aliphatic carbocycles. The Kier molecular flexibility index (Phi) is 5.74. The summed E-state index contributed by atoms with van der Waals surface area (Å²) in [6.07, 6.45) is 5.04. The summed E-state index contributed by atoms with van der Waals surface area (Å²) in [6.45, 7) is 2.78. The molecule has 26 heavy (non-hydrogen) atoms. The predicted molar refractivity (Wildman–Crippen MR) is 101 cm³/mol. The van der Waals surface area contributed by atoms with E-state index < -0.39 is 0 Å². The molecule has 8 nitrogen and oxygen atoms in total. The van der Waals surface area contributed by atoms with Crippen molar-refractivity contribution in [2.45, 2.75) is 23.7 Å². The van der Waals surface area contributed by atoms with Crippen LogP contribution in [0.5, 0.6) is 0 Å². The third-order valence-electron chi connectivity index (χ3n) is 3.60. The van der Waals surface area contributed by atoms with Crippen molar-refractivity contribution in [2.75, 3.05) is 6.54 Å². The first-order valence-electron chi connectivity index (χ1n) is 7.66. The molecule has 2 N–H and O–H groups in total. The van der Waals surface area contributed by atoms with Gasteiger partial charge in [0.15, 0.2) is 9.93 Å². The minimum Gasteiger partial charge on any atom is -0.350 e. The molecule has 3 rings (SSSR count). The molecule has 0 saturated heterocycles. The molecule has 0 atom stereocenters. The molecule has 0 fully saturated rings. The van der Waals surface area contributed by atoms with E-state index in [9.17, 15) is 4.79 Å². The van der Waals surface area contributed by atoms with Gasteiger partial charge in [0.05, 0.1) is 10.6 Å². The van der Waals surface area contributed by atoms with Crippen LogP contribution in [-0.2, 0) is 13.6 Å². The van der Waals surface area contributed by atoms with Crippen LogP contribution in [0.1, 0.15) is 16.2 Å². The van der Waals surface area contributed by atoms with Gasteiger partial charge >= 0.3 is 0 Å². The number of rotatable bonds is 6. The third kappa shape index (κ3) is 4.14. The second-order valence-corrected chi connectivity index (χ2v) is 7.17. The number of aromatic nitrogens is 6. The van der Waals surface area contributed by atoms with Crippen LogP contribution >= 0.6 is 35.6 Å². The highest BCUT2D eigenvalue weighted by Crippen LogP contribution is 2.30. The van der Waals surface area contributed by atoms with E-state index in [-0.39, 0.29) is 5.91 Å². The molecule has 3 aromatic rings. The van der Waals surface area contributed by atoms with Gasteiger partial charge in [0.2, 0.25) is 0 Å². The topological polar surface area (TPSA) is 93.4 Å². The first kappa shape index (κ1) is 18.6. The Morgan fingerprint density at radius 3 is 2.88 bits per heavy atom. The summed E-state index contributed by atoms with van der Waals surface area (Å²) >= 11 is 12.7. The molecule has 0 aliphatic heterocycles. The second kappa shape index (κ2) is 8.02. The largest absolute Gasteiger partial charge is 0.350 e. The summed E-state index contributed by atoms with van der Waals surface area (Å²) in [5.41, 5.74) is 0.395. The van der Waals surface area contributed by atoms with Crippen LogP contribution in [0.15, 0.2) is 34.8 Å². The summed E-state index contributed by atoms with van der Waals surface area (Å²) in [4.78, 5) is 20.8. The molecule has 3 heterocycles. The van der Waals surface area contributed by atoms with E-state index in [0.29, 0.717) is 33.5 Å². The summed E-state index contributed by atoms with van der Waals surface area (Å²) in [7, 11) is 1.89. The normalized spacial score (nSPS) is 10.9. The first-order valence-corrected chi connectivity index (χ1v) is 9.26. The van der Waals surface area contributed by atoms with Gasteiger partial charge in [-0.3, -0.25) is 9.89 Å². The minimum absolute atomic E-state index is 0.249. The van der Waals surface area contributed by atoms with Crippen LogP contribution in [0.3, 0.4) is 0 Å². The molecule has 3 aromatic heterocycles. The molecule has 11 heteroatoms. The average molecular weight is 410 g/mol. The van der Waals surface area contributed by atoms with Crippen LogP contribution in [0, 0.1) is 11.7 Å². The maximum absolute atomic E-state index is 12.3. The van der Waals surface area contributed by atoms with Gasteiger partial charge in [-0.15, -0.1) is 0 Å². The molecule has 0 saturated carbocycles. The maximum Gasteiger partial charge on any atom is 0.252 e. The van der Waals surface area contributed by atoms with Crippen molar-refractivity contribution >= 4 is 41.5 Å². The number of aryl methyl sites for hydroxylation is 2. The van der Waals surface area contributed by atoms with E-state index in [1.807, 2.05) is 29.3 Å². The number of carbonyl (C=O) groups excluding carboxylic acids is 1. The Morgan fingerprint density at radius 1 is 1.46 bits per heavy atom. The zero-order valence-corrected chi connectivity index (χ0v) is 16.5. The fourth-order valence-corrected chi connectivity index (χ4v) is 3.51. The highest BCUT2D eigenvalue weighted by atomic mass is 35.5. The van der Waals surface area contributed by atoms with Crippen molar-refractivity contribution in [2.24, 2.45) is 7.05 Å². The number of hydrogen-bond donors (Lipinski definition) is 2. The van der Waals surface area contributed by atoms with Gasteiger partial charge in [-0.05, 0) is 37.0 Å². The highest BCUT2D eigenvalue weighted by molar-refractivity contribution is 7.99. The van der Waals surface area contributed by atoms with Crippen LogP contribution in [-0.4, -0.2) is 41.8 Å². The van der Waals surface area contributed by atoms with Crippen LogP contribution in [0.25, 0.3) is 0 Å². The number of pyridine rings is 1. The fraction of sp³-hybridized carbons (Fsp3) is 0.267. The van der Waals surface area contributed by atoms with E-state index in [4.69, 9.17) is 23.8 Å². The monoisotopic (exact) mass is 409 g/mol. The van der Waals surface area contributed by atoms with Gasteiger partial charge in [-0.25, -0.2) is 9.97 Å². The summed E-state index contributed by atoms with van der Waals surface area (Å²) < 4.78 is 4.21. The van der Waals surface area contributed by atoms with Crippen molar-refractivity contribution in [1.82, 2.24) is 34.6 Å². The maximum atomic E-state index is 12.3. The fourth-order valence-electron chi connectivity index (χ4n) is 2.20.